The summed E-state index contributed by atoms with van der Waals surface area (Å²) in [7, 11) is 1.55. The predicted octanol–water partition coefficient (Wildman–Crippen LogP) is 4.49. The largest absolute Gasteiger partial charge is 0.495 e. The Morgan fingerprint density at radius 2 is 2.11 bits per heavy atom. The van der Waals surface area contributed by atoms with Crippen LogP contribution in [0.15, 0.2) is 29.6 Å². The normalized spacial score (nSPS) is 10.4. The summed E-state index contributed by atoms with van der Waals surface area (Å²) < 4.78 is 5.13. The van der Waals surface area contributed by atoms with Gasteiger partial charge in [0.2, 0.25) is 0 Å². The minimum atomic E-state index is -0.0222. The summed E-state index contributed by atoms with van der Waals surface area (Å²) in [6, 6.07) is 7.05. The number of thiophene rings is 1. The van der Waals surface area contributed by atoms with E-state index in [2.05, 4.69) is 0 Å². The molecule has 0 aliphatic heterocycles. The van der Waals surface area contributed by atoms with E-state index in [0.717, 1.165) is 5.56 Å². The first-order chi connectivity index (χ1) is 8.63. The van der Waals surface area contributed by atoms with Crippen molar-refractivity contribution in [2.45, 2.75) is 6.42 Å². The molecular formula is C13H10Cl2O2S. The molecule has 2 aromatic rings. The standard InChI is InChI=1S/C13H10Cl2O2S/c1-17-11-5-6-18-13(11)10(16)7-8-3-2-4-9(14)12(8)15/h2-6H,7H2,1H3. The Morgan fingerprint density at radius 3 is 2.83 bits per heavy atom. The smallest absolute Gasteiger partial charge is 0.180 e. The molecule has 1 heterocycles. The fourth-order valence-electron chi connectivity index (χ4n) is 1.60. The van der Waals surface area contributed by atoms with Crippen LogP contribution in [0.1, 0.15) is 15.2 Å². The number of benzene rings is 1. The maximum Gasteiger partial charge on any atom is 0.180 e. The molecule has 18 heavy (non-hydrogen) atoms. The average molecular weight is 301 g/mol. The predicted molar refractivity (Wildman–Crippen MR) is 75.4 cm³/mol. The molecule has 94 valence electrons. The van der Waals surface area contributed by atoms with Crippen LogP contribution in [0.4, 0.5) is 0 Å². The zero-order valence-electron chi connectivity index (χ0n) is 9.57. The molecule has 0 bridgehead atoms. The SMILES string of the molecule is COc1ccsc1C(=O)Cc1cccc(Cl)c1Cl. The van der Waals surface area contributed by atoms with Gasteiger partial charge in [-0.3, -0.25) is 4.79 Å². The number of ketones is 1. The first-order valence-corrected chi connectivity index (χ1v) is 6.84. The zero-order valence-corrected chi connectivity index (χ0v) is 11.9. The molecule has 0 saturated heterocycles. The number of hydrogen-bond donors (Lipinski definition) is 0. The molecule has 0 radical (unpaired) electrons. The topological polar surface area (TPSA) is 26.3 Å². The molecule has 0 saturated carbocycles. The second-order valence-electron chi connectivity index (χ2n) is 3.63. The minimum absolute atomic E-state index is 0.0222. The van der Waals surface area contributed by atoms with E-state index in [9.17, 15) is 4.79 Å². The van der Waals surface area contributed by atoms with Crippen LogP contribution < -0.4 is 4.74 Å². The molecule has 0 atom stereocenters. The Bertz CT molecular complexity index is 578. The zero-order chi connectivity index (χ0) is 13.1. The lowest BCUT2D eigenvalue weighted by Gasteiger charge is -2.05. The van der Waals surface area contributed by atoms with Crippen molar-refractivity contribution in [3.05, 3.63) is 50.1 Å². The number of hydrogen-bond acceptors (Lipinski definition) is 3. The van der Waals surface area contributed by atoms with Crippen LogP contribution in [-0.2, 0) is 6.42 Å². The van der Waals surface area contributed by atoms with Gasteiger partial charge in [0, 0.05) is 6.42 Å². The van der Waals surface area contributed by atoms with Crippen molar-refractivity contribution in [1.29, 1.82) is 0 Å². The molecule has 1 aromatic carbocycles. The first kappa shape index (κ1) is 13.4. The van der Waals surface area contributed by atoms with E-state index in [-0.39, 0.29) is 12.2 Å². The second-order valence-corrected chi connectivity index (χ2v) is 5.33. The quantitative estimate of drug-likeness (QED) is 0.778. The van der Waals surface area contributed by atoms with Crippen molar-refractivity contribution in [2.75, 3.05) is 7.11 Å². The van der Waals surface area contributed by atoms with Gasteiger partial charge in [-0.15, -0.1) is 11.3 Å². The lowest BCUT2D eigenvalue weighted by Crippen LogP contribution is -2.03. The number of carbonyl (C=O) groups is 1. The van der Waals surface area contributed by atoms with Gasteiger partial charge in [0.15, 0.2) is 5.78 Å². The van der Waals surface area contributed by atoms with Crippen molar-refractivity contribution in [2.24, 2.45) is 0 Å². The van der Waals surface area contributed by atoms with Gasteiger partial charge in [0.25, 0.3) is 0 Å². The average Bonchev–Trinajstić information content (AvgIpc) is 2.83. The van der Waals surface area contributed by atoms with Gasteiger partial charge >= 0.3 is 0 Å². The molecule has 0 aliphatic carbocycles. The third kappa shape index (κ3) is 2.69. The lowest BCUT2D eigenvalue weighted by molar-refractivity contribution is 0.0994. The summed E-state index contributed by atoms with van der Waals surface area (Å²) in [5, 5.41) is 2.72. The van der Waals surface area contributed by atoms with Gasteiger partial charge in [0.1, 0.15) is 10.6 Å². The van der Waals surface area contributed by atoms with E-state index < -0.39 is 0 Å². The molecule has 0 fully saturated rings. The highest BCUT2D eigenvalue weighted by molar-refractivity contribution is 7.12. The number of halogens is 2. The van der Waals surface area contributed by atoms with Gasteiger partial charge in [-0.25, -0.2) is 0 Å². The van der Waals surface area contributed by atoms with Crippen molar-refractivity contribution in [3.63, 3.8) is 0 Å². The van der Waals surface area contributed by atoms with E-state index in [1.54, 1.807) is 31.4 Å². The van der Waals surface area contributed by atoms with Crippen LogP contribution in [0.2, 0.25) is 10.0 Å². The summed E-state index contributed by atoms with van der Waals surface area (Å²) in [5.74, 6) is 0.578. The summed E-state index contributed by atoms with van der Waals surface area (Å²) in [5.41, 5.74) is 0.726. The van der Waals surface area contributed by atoms with Crippen LogP contribution in [0, 0.1) is 0 Å². The molecule has 0 amide bonds. The molecule has 0 spiro atoms. The molecule has 0 unspecified atom stereocenters. The van der Waals surface area contributed by atoms with Gasteiger partial charge in [0.05, 0.1) is 17.2 Å². The van der Waals surface area contributed by atoms with Crippen molar-refractivity contribution in [3.8, 4) is 5.75 Å². The number of ether oxygens (including phenoxy) is 1. The van der Waals surface area contributed by atoms with Crippen molar-refractivity contribution >= 4 is 40.3 Å². The van der Waals surface area contributed by atoms with E-state index in [0.29, 0.717) is 20.7 Å². The minimum Gasteiger partial charge on any atom is -0.495 e. The number of carbonyl (C=O) groups excluding carboxylic acids is 1. The molecule has 0 N–H and O–H groups in total. The van der Waals surface area contributed by atoms with Crippen LogP contribution in [0.25, 0.3) is 0 Å². The summed E-state index contributed by atoms with van der Waals surface area (Å²) >= 11 is 13.3. The van der Waals surface area contributed by atoms with Gasteiger partial charge in [-0.05, 0) is 23.1 Å². The third-order valence-electron chi connectivity index (χ3n) is 2.48. The highest BCUT2D eigenvalue weighted by Crippen LogP contribution is 2.29. The van der Waals surface area contributed by atoms with Crippen LogP contribution in [0.5, 0.6) is 5.75 Å². The summed E-state index contributed by atoms with van der Waals surface area (Å²) in [6.45, 7) is 0. The van der Waals surface area contributed by atoms with Crippen LogP contribution in [0.3, 0.4) is 0 Å². The van der Waals surface area contributed by atoms with Crippen LogP contribution >= 0.6 is 34.5 Å². The number of Topliss-reactive ketones (excluding diaryl/α,β-unsaturated/α-hetero) is 1. The van der Waals surface area contributed by atoms with Crippen molar-refractivity contribution < 1.29 is 9.53 Å². The monoisotopic (exact) mass is 300 g/mol. The first-order valence-electron chi connectivity index (χ1n) is 5.21. The molecule has 2 nitrogen and oxygen atoms in total. The van der Waals surface area contributed by atoms with Gasteiger partial charge in [-0.1, -0.05) is 35.3 Å². The Morgan fingerprint density at radius 1 is 1.33 bits per heavy atom. The van der Waals surface area contributed by atoms with E-state index in [4.69, 9.17) is 27.9 Å². The number of rotatable bonds is 4. The fraction of sp³-hybridized carbons (Fsp3) is 0.154. The second kappa shape index (κ2) is 5.74. The Hall–Kier alpha value is -1.03. The fourth-order valence-corrected chi connectivity index (χ4v) is 2.79. The highest BCUT2D eigenvalue weighted by Gasteiger charge is 2.16. The molecule has 0 aliphatic rings. The van der Waals surface area contributed by atoms with E-state index >= 15 is 0 Å². The Kier molecular flexibility index (Phi) is 4.27. The lowest BCUT2D eigenvalue weighted by atomic mass is 10.1. The van der Waals surface area contributed by atoms with Crippen LogP contribution in [-0.4, -0.2) is 12.9 Å². The van der Waals surface area contributed by atoms with Gasteiger partial charge < -0.3 is 4.74 Å². The molecule has 1 aromatic heterocycles. The summed E-state index contributed by atoms with van der Waals surface area (Å²) in [6.07, 6.45) is 0.219. The molecule has 5 heteroatoms. The number of methoxy groups -OCH3 is 1. The molecule has 2 rings (SSSR count). The molecular weight excluding hydrogens is 291 g/mol. The Balaban J connectivity index is 2.24. The van der Waals surface area contributed by atoms with E-state index in [1.165, 1.54) is 11.3 Å². The maximum absolute atomic E-state index is 12.1. The van der Waals surface area contributed by atoms with Gasteiger partial charge in [-0.2, -0.15) is 0 Å². The third-order valence-corrected chi connectivity index (χ3v) is 4.28. The van der Waals surface area contributed by atoms with Crippen molar-refractivity contribution in [1.82, 2.24) is 0 Å². The summed E-state index contributed by atoms with van der Waals surface area (Å²) in [4.78, 5) is 12.8. The van der Waals surface area contributed by atoms with E-state index in [1.807, 2.05) is 5.38 Å². The highest BCUT2D eigenvalue weighted by atomic mass is 35.5. The Labute approximate surface area is 119 Å². The maximum atomic E-state index is 12.1.